The fourth-order valence-corrected chi connectivity index (χ4v) is 2.74. The predicted molar refractivity (Wildman–Crippen MR) is 91.3 cm³/mol. The zero-order valence-corrected chi connectivity index (χ0v) is 13.1. The topological polar surface area (TPSA) is 60.5 Å². The summed E-state index contributed by atoms with van der Waals surface area (Å²) in [6.07, 6.45) is -1.12. The van der Waals surface area contributed by atoms with Crippen molar-refractivity contribution in [3.63, 3.8) is 0 Å². The maximum absolute atomic E-state index is 12.6. The van der Waals surface area contributed by atoms with Gasteiger partial charge in [-0.05, 0) is 37.3 Å². The highest BCUT2D eigenvalue weighted by Crippen LogP contribution is 2.33. The highest BCUT2D eigenvalue weighted by atomic mass is 16.6. The van der Waals surface area contributed by atoms with Gasteiger partial charge in [0.05, 0.1) is 5.52 Å². The minimum absolute atomic E-state index is 0.278. The van der Waals surface area contributed by atoms with Gasteiger partial charge in [-0.25, -0.2) is 4.98 Å². The first-order valence-electron chi connectivity index (χ1n) is 7.80. The lowest BCUT2D eigenvalue weighted by atomic mass is 10.1. The molecule has 5 heteroatoms. The van der Waals surface area contributed by atoms with E-state index in [1.165, 1.54) is 0 Å². The second-order valence-electron chi connectivity index (χ2n) is 5.69. The molecular formula is C19H16N2O3. The third kappa shape index (κ3) is 2.65. The van der Waals surface area contributed by atoms with Crippen LogP contribution >= 0.6 is 0 Å². The summed E-state index contributed by atoms with van der Waals surface area (Å²) in [7, 11) is 0. The Bertz CT molecular complexity index is 910. The average Bonchev–Trinajstić information content (AvgIpc) is 2.61. The quantitative estimate of drug-likeness (QED) is 0.786. The Kier molecular flexibility index (Phi) is 3.54. The third-order valence-electron chi connectivity index (χ3n) is 3.95. The van der Waals surface area contributed by atoms with Crippen LogP contribution in [0.5, 0.6) is 11.5 Å². The number of nitrogens with one attached hydrogen (secondary N) is 1. The molecule has 120 valence electrons. The minimum atomic E-state index is -0.729. The summed E-state index contributed by atoms with van der Waals surface area (Å²) in [6, 6.07) is 18.8. The van der Waals surface area contributed by atoms with Crippen molar-refractivity contribution in [2.24, 2.45) is 0 Å². The summed E-state index contributed by atoms with van der Waals surface area (Å²) in [5.74, 6) is 1.44. The van der Waals surface area contributed by atoms with Gasteiger partial charge in [0, 0.05) is 5.39 Å². The maximum Gasteiger partial charge on any atom is 0.270 e. The van der Waals surface area contributed by atoms with E-state index in [2.05, 4.69) is 10.3 Å². The van der Waals surface area contributed by atoms with Crippen LogP contribution in [0.15, 0.2) is 60.7 Å². The van der Waals surface area contributed by atoms with Crippen molar-refractivity contribution in [1.82, 2.24) is 4.98 Å². The summed E-state index contributed by atoms with van der Waals surface area (Å²) in [5.41, 5.74) is 0.828. The molecule has 5 nitrogen and oxygen atoms in total. The van der Waals surface area contributed by atoms with E-state index >= 15 is 0 Å². The fourth-order valence-electron chi connectivity index (χ4n) is 2.74. The Morgan fingerprint density at radius 1 is 0.958 bits per heavy atom. The van der Waals surface area contributed by atoms with E-state index in [9.17, 15) is 4.79 Å². The van der Waals surface area contributed by atoms with E-state index in [0.717, 1.165) is 10.9 Å². The standard InChI is InChI=1S/C19H16N2O3/c1-12-18(24-16-9-5-4-8-15(16)23-12)19(22)21-17-11-10-13-6-2-3-7-14(13)20-17/h2-12,18H,1H3,(H,20,21,22)/t12-,18-/m1/s1. The van der Waals surface area contributed by atoms with Crippen molar-refractivity contribution in [3.05, 3.63) is 60.7 Å². The highest BCUT2D eigenvalue weighted by Gasteiger charge is 2.34. The van der Waals surface area contributed by atoms with Gasteiger partial charge in [-0.1, -0.05) is 30.3 Å². The number of pyridine rings is 1. The number of nitrogens with zero attached hydrogens (tertiary/aromatic N) is 1. The number of amides is 1. The lowest BCUT2D eigenvalue weighted by Crippen LogP contribution is -2.46. The summed E-state index contributed by atoms with van der Waals surface area (Å²) in [4.78, 5) is 17.0. The van der Waals surface area contributed by atoms with Crippen LogP contribution < -0.4 is 14.8 Å². The molecule has 24 heavy (non-hydrogen) atoms. The molecule has 1 aliphatic rings. The molecular weight excluding hydrogens is 304 g/mol. The van der Waals surface area contributed by atoms with Crippen LogP contribution in [0.25, 0.3) is 10.9 Å². The van der Waals surface area contributed by atoms with Crippen LogP contribution in [-0.4, -0.2) is 23.1 Å². The van der Waals surface area contributed by atoms with Crippen LogP contribution in [0.1, 0.15) is 6.92 Å². The molecule has 2 aromatic carbocycles. The van der Waals surface area contributed by atoms with Crippen molar-refractivity contribution < 1.29 is 14.3 Å². The Morgan fingerprint density at radius 2 is 1.67 bits per heavy atom. The minimum Gasteiger partial charge on any atom is -0.482 e. The molecule has 0 bridgehead atoms. The molecule has 0 spiro atoms. The first kappa shape index (κ1) is 14.5. The third-order valence-corrected chi connectivity index (χ3v) is 3.95. The number of carbonyl (C=O) groups is 1. The van der Waals surface area contributed by atoms with Crippen LogP contribution in [0, 0.1) is 0 Å². The molecule has 0 radical (unpaired) electrons. The maximum atomic E-state index is 12.6. The van der Waals surface area contributed by atoms with E-state index in [4.69, 9.17) is 9.47 Å². The summed E-state index contributed by atoms with van der Waals surface area (Å²) >= 11 is 0. The zero-order valence-electron chi connectivity index (χ0n) is 13.1. The van der Waals surface area contributed by atoms with Crippen LogP contribution in [0.4, 0.5) is 5.82 Å². The van der Waals surface area contributed by atoms with Gasteiger partial charge in [0.2, 0.25) is 6.10 Å². The molecule has 1 N–H and O–H groups in total. The first-order chi connectivity index (χ1) is 11.7. The van der Waals surface area contributed by atoms with E-state index < -0.39 is 6.10 Å². The number of ether oxygens (including phenoxy) is 2. The molecule has 3 aromatic rings. The van der Waals surface area contributed by atoms with Crippen LogP contribution in [0.2, 0.25) is 0 Å². The van der Waals surface area contributed by atoms with Crippen molar-refractivity contribution in [1.29, 1.82) is 0 Å². The smallest absolute Gasteiger partial charge is 0.270 e. The van der Waals surface area contributed by atoms with E-state index in [1.54, 1.807) is 12.1 Å². The molecule has 0 unspecified atom stereocenters. The van der Waals surface area contributed by atoms with Crippen molar-refractivity contribution in [2.75, 3.05) is 5.32 Å². The van der Waals surface area contributed by atoms with Gasteiger partial charge in [0.15, 0.2) is 11.5 Å². The second kappa shape index (κ2) is 5.85. The number of hydrogen-bond acceptors (Lipinski definition) is 4. The number of aromatic nitrogens is 1. The number of rotatable bonds is 2. The Morgan fingerprint density at radius 3 is 2.50 bits per heavy atom. The first-order valence-corrected chi connectivity index (χ1v) is 7.80. The fraction of sp³-hybridized carbons (Fsp3) is 0.158. The van der Waals surface area contributed by atoms with Gasteiger partial charge < -0.3 is 14.8 Å². The summed E-state index contributed by atoms with van der Waals surface area (Å²) in [6.45, 7) is 1.81. The highest BCUT2D eigenvalue weighted by molar-refractivity contribution is 5.95. The molecule has 0 aliphatic carbocycles. The van der Waals surface area contributed by atoms with Gasteiger partial charge >= 0.3 is 0 Å². The molecule has 1 amide bonds. The Hall–Kier alpha value is -3.08. The van der Waals surface area contributed by atoms with Gasteiger partial charge in [-0.3, -0.25) is 4.79 Å². The van der Waals surface area contributed by atoms with Crippen LogP contribution in [0.3, 0.4) is 0 Å². The van der Waals surface area contributed by atoms with Gasteiger partial charge in [-0.15, -0.1) is 0 Å². The van der Waals surface area contributed by atoms with Gasteiger partial charge in [-0.2, -0.15) is 0 Å². The molecule has 2 heterocycles. The summed E-state index contributed by atoms with van der Waals surface area (Å²) < 4.78 is 11.6. The normalized spacial score (nSPS) is 19.0. The number of hydrogen-bond donors (Lipinski definition) is 1. The second-order valence-corrected chi connectivity index (χ2v) is 5.69. The number of fused-ring (bicyclic) bond motifs is 2. The summed E-state index contributed by atoms with van der Waals surface area (Å²) in [5, 5.41) is 3.83. The lowest BCUT2D eigenvalue weighted by molar-refractivity contribution is -0.128. The zero-order chi connectivity index (χ0) is 16.5. The molecule has 2 atom stereocenters. The number of carbonyl (C=O) groups excluding carboxylic acids is 1. The van der Waals surface area contributed by atoms with Crippen molar-refractivity contribution >= 4 is 22.6 Å². The number of anilines is 1. The predicted octanol–water partition coefficient (Wildman–Crippen LogP) is 3.40. The molecule has 0 fully saturated rings. The SMILES string of the molecule is C[C@H]1Oc2ccccc2O[C@H]1C(=O)Nc1ccc2ccccc2n1. The molecule has 1 aromatic heterocycles. The van der Waals surface area contributed by atoms with E-state index in [-0.39, 0.29) is 12.0 Å². The largest absolute Gasteiger partial charge is 0.482 e. The molecule has 4 rings (SSSR count). The van der Waals surface area contributed by atoms with Crippen LogP contribution in [-0.2, 0) is 4.79 Å². The molecule has 1 aliphatic heterocycles. The van der Waals surface area contributed by atoms with Crippen molar-refractivity contribution in [2.45, 2.75) is 19.1 Å². The van der Waals surface area contributed by atoms with Crippen molar-refractivity contribution in [3.8, 4) is 11.5 Å². The van der Waals surface area contributed by atoms with E-state index in [0.29, 0.717) is 17.3 Å². The molecule has 0 saturated heterocycles. The van der Waals surface area contributed by atoms with E-state index in [1.807, 2.05) is 55.5 Å². The van der Waals surface area contributed by atoms with Gasteiger partial charge in [0.1, 0.15) is 11.9 Å². The lowest BCUT2D eigenvalue weighted by Gasteiger charge is -2.30. The monoisotopic (exact) mass is 320 g/mol. The average molecular weight is 320 g/mol. The molecule has 0 saturated carbocycles. The number of benzene rings is 2. The Balaban J connectivity index is 1.55. The Labute approximate surface area is 139 Å². The number of para-hydroxylation sites is 3. The van der Waals surface area contributed by atoms with Gasteiger partial charge in [0.25, 0.3) is 5.91 Å².